The molecular formula is C25H19F. The van der Waals surface area contributed by atoms with Crippen LogP contribution in [-0.2, 0) is 0 Å². The Morgan fingerprint density at radius 1 is 0.577 bits per heavy atom. The molecule has 0 N–H and O–H groups in total. The third-order valence-electron chi connectivity index (χ3n) is 4.09. The summed E-state index contributed by atoms with van der Waals surface area (Å²) in [5.41, 5.74) is 6.40. The van der Waals surface area contributed by atoms with Crippen LogP contribution in [0, 0.1) is 50.3 Å². The molecule has 0 bridgehead atoms. The monoisotopic (exact) mass is 338 g/mol. The quantitative estimate of drug-likeness (QED) is 0.471. The molecule has 0 radical (unpaired) electrons. The van der Waals surface area contributed by atoms with E-state index in [-0.39, 0.29) is 5.82 Å². The number of hydrogen-bond donors (Lipinski definition) is 0. The van der Waals surface area contributed by atoms with Crippen molar-refractivity contribution >= 4 is 0 Å². The maximum atomic E-state index is 13.9. The zero-order valence-electron chi connectivity index (χ0n) is 15.2. The van der Waals surface area contributed by atoms with Gasteiger partial charge in [-0.25, -0.2) is 4.39 Å². The van der Waals surface area contributed by atoms with Crippen LogP contribution in [0.25, 0.3) is 0 Å². The second-order valence-corrected chi connectivity index (χ2v) is 6.38. The van der Waals surface area contributed by atoms with Crippen LogP contribution in [0.3, 0.4) is 0 Å². The molecule has 1 heteroatoms. The fourth-order valence-electron chi connectivity index (χ4n) is 2.52. The fourth-order valence-corrected chi connectivity index (χ4v) is 2.52. The maximum Gasteiger partial charge on any atom is 0.139 e. The van der Waals surface area contributed by atoms with E-state index in [9.17, 15) is 4.39 Å². The zero-order chi connectivity index (χ0) is 18.5. The molecule has 0 saturated carbocycles. The van der Waals surface area contributed by atoms with E-state index < -0.39 is 0 Å². The Labute approximate surface area is 154 Å². The highest BCUT2D eigenvalue weighted by molar-refractivity contribution is 5.51. The van der Waals surface area contributed by atoms with E-state index in [0.717, 1.165) is 27.8 Å². The second-order valence-electron chi connectivity index (χ2n) is 6.38. The van der Waals surface area contributed by atoms with Gasteiger partial charge in [0.25, 0.3) is 0 Å². The molecule has 0 aromatic heterocycles. The third-order valence-corrected chi connectivity index (χ3v) is 4.09. The Bertz CT molecular complexity index is 1070. The number of aryl methyl sites for hydroxylation is 3. The minimum atomic E-state index is -0.283. The van der Waals surface area contributed by atoms with Crippen LogP contribution in [-0.4, -0.2) is 0 Å². The van der Waals surface area contributed by atoms with Crippen LogP contribution >= 0.6 is 0 Å². The van der Waals surface area contributed by atoms with Crippen molar-refractivity contribution < 1.29 is 4.39 Å². The van der Waals surface area contributed by atoms with Crippen LogP contribution in [0.1, 0.15) is 38.9 Å². The molecule has 0 aliphatic carbocycles. The average Bonchev–Trinajstić information content (AvgIpc) is 2.61. The van der Waals surface area contributed by atoms with Crippen molar-refractivity contribution in [3.63, 3.8) is 0 Å². The molecule has 26 heavy (non-hydrogen) atoms. The van der Waals surface area contributed by atoms with E-state index in [1.54, 1.807) is 6.07 Å². The largest absolute Gasteiger partial charge is 0.206 e. The van der Waals surface area contributed by atoms with Crippen LogP contribution in [0.2, 0.25) is 0 Å². The van der Waals surface area contributed by atoms with E-state index in [1.165, 1.54) is 11.6 Å². The molecule has 0 fully saturated rings. The van der Waals surface area contributed by atoms with Gasteiger partial charge in [-0.1, -0.05) is 47.4 Å². The molecule has 126 valence electrons. The molecule has 0 nitrogen and oxygen atoms in total. The number of benzene rings is 3. The summed E-state index contributed by atoms with van der Waals surface area (Å²) < 4.78 is 13.9. The molecule has 0 aliphatic heterocycles. The van der Waals surface area contributed by atoms with Crippen molar-refractivity contribution in [2.75, 3.05) is 0 Å². The first-order valence-corrected chi connectivity index (χ1v) is 8.49. The Balaban J connectivity index is 1.82. The van der Waals surface area contributed by atoms with Gasteiger partial charge >= 0.3 is 0 Å². The highest BCUT2D eigenvalue weighted by Crippen LogP contribution is 2.12. The van der Waals surface area contributed by atoms with Gasteiger partial charge < -0.3 is 0 Å². The van der Waals surface area contributed by atoms with Gasteiger partial charge in [0.1, 0.15) is 5.82 Å². The van der Waals surface area contributed by atoms with Gasteiger partial charge in [0, 0.05) is 16.7 Å². The Kier molecular flexibility index (Phi) is 5.21. The summed E-state index contributed by atoms with van der Waals surface area (Å²) in [6, 6.07) is 19.1. The average molecular weight is 338 g/mol. The number of hydrogen-bond acceptors (Lipinski definition) is 0. The number of halogens is 1. The van der Waals surface area contributed by atoms with Crippen LogP contribution in [0.4, 0.5) is 4.39 Å². The summed E-state index contributed by atoms with van der Waals surface area (Å²) in [6.07, 6.45) is 0. The summed E-state index contributed by atoms with van der Waals surface area (Å²) >= 11 is 0. The van der Waals surface area contributed by atoms with Gasteiger partial charge in [0.15, 0.2) is 0 Å². The van der Waals surface area contributed by atoms with Gasteiger partial charge in [-0.3, -0.25) is 0 Å². The molecule has 3 aromatic carbocycles. The van der Waals surface area contributed by atoms with E-state index in [0.29, 0.717) is 5.56 Å². The van der Waals surface area contributed by atoms with E-state index in [2.05, 4.69) is 42.7 Å². The summed E-state index contributed by atoms with van der Waals surface area (Å²) in [5, 5.41) is 0. The smallest absolute Gasteiger partial charge is 0.139 e. The molecule has 0 spiro atoms. The Morgan fingerprint density at radius 3 is 1.85 bits per heavy atom. The van der Waals surface area contributed by atoms with Crippen LogP contribution in [0.15, 0.2) is 60.7 Å². The van der Waals surface area contributed by atoms with Gasteiger partial charge in [-0.05, 0) is 74.4 Å². The molecule has 0 unspecified atom stereocenters. The molecule has 3 aromatic rings. The van der Waals surface area contributed by atoms with E-state index >= 15 is 0 Å². The highest BCUT2D eigenvalue weighted by Gasteiger charge is 1.99. The predicted molar refractivity (Wildman–Crippen MR) is 105 cm³/mol. The minimum Gasteiger partial charge on any atom is -0.206 e. The SMILES string of the molecule is Cc1ccc(C#Cc2ccc(C#Cc3ccc(C)cc3F)cc2C)cc1. The molecule has 0 heterocycles. The lowest BCUT2D eigenvalue weighted by atomic mass is 10.0. The molecule has 0 atom stereocenters. The summed E-state index contributed by atoms with van der Waals surface area (Å²) in [7, 11) is 0. The summed E-state index contributed by atoms with van der Waals surface area (Å²) in [4.78, 5) is 0. The van der Waals surface area contributed by atoms with E-state index in [1.807, 2.05) is 50.2 Å². The van der Waals surface area contributed by atoms with Crippen molar-refractivity contribution in [1.29, 1.82) is 0 Å². The lowest BCUT2D eigenvalue weighted by Gasteiger charge is -1.99. The third kappa shape index (κ3) is 4.41. The van der Waals surface area contributed by atoms with Gasteiger partial charge in [-0.2, -0.15) is 0 Å². The second kappa shape index (κ2) is 7.73. The van der Waals surface area contributed by atoms with E-state index in [4.69, 9.17) is 0 Å². The molecule has 0 amide bonds. The minimum absolute atomic E-state index is 0.283. The van der Waals surface area contributed by atoms with Crippen molar-refractivity contribution in [2.45, 2.75) is 20.8 Å². The van der Waals surface area contributed by atoms with Gasteiger partial charge in [-0.15, -0.1) is 0 Å². The first-order chi connectivity index (χ1) is 12.5. The number of rotatable bonds is 0. The van der Waals surface area contributed by atoms with Gasteiger partial charge in [0.2, 0.25) is 0 Å². The highest BCUT2D eigenvalue weighted by atomic mass is 19.1. The van der Waals surface area contributed by atoms with Crippen molar-refractivity contribution in [2.24, 2.45) is 0 Å². The zero-order valence-corrected chi connectivity index (χ0v) is 15.2. The predicted octanol–water partition coefficient (Wildman–Crippen LogP) is 5.55. The molecule has 0 aliphatic rings. The van der Waals surface area contributed by atoms with Crippen LogP contribution < -0.4 is 0 Å². The van der Waals surface area contributed by atoms with Crippen LogP contribution in [0.5, 0.6) is 0 Å². The summed E-state index contributed by atoms with van der Waals surface area (Å²) in [5.74, 6) is 12.0. The summed E-state index contributed by atoms with van der Waals surface area (Å²) in [6.45, 7) is 5.93. The molecular weight excluding hydrogens is 319 g/mol. The molecule has 0 saturated heterocycles. The Morgan fingerprint density at radius 2 is 1.15 bits per heavy atom. The first-order valence-electron chi connectivity index (χ1n) is 8.49. The van der Waals surface area contributed by atoms with Gasteiger partial charge in [0.05, 0.1) is 5.56 Å². The fraction of sp³-hybridized carbons (Fsp3) is 0.120. The molecule has 3 rings (SSSR count). The topological polar surface area (TPSA) is 0 Å². The Hall–Kier alpha value is -3.29. The lowest BCUT2D eigenvalue weighted by molar-refractivity contribution is 0.623. The van der Waals surface area contributed by atoms with Crippen molar-refractivity contribution in [3.8, 4) is 23.7 Å². The lowest BCUT2D eigenvalue weighted by Crippen LogP contribution is -1.87. The van der Waals surface area contributed by atoms with Crippen molar-refractivity contribution in [1.82, 2.24) is 0 Å². The van der Waals surface area contributed by atoms with Crippen molar-refractivity contribution in [3.05, 3.63) is 105 Å². The normalized spacial score (nSPS) is 9.69. The maximum absolute atomic E-state index is 13.9. The standard InChI is InChI=1S/C25H19F/c1-18-4-7-21(8-5-18)9-13-23-14-10-22(17-20(23)3)11-15-24-12-6-19(2)16-25(24)26/h4-8,10,12,14,16-17H,1-3H3. The first kappa shape index (κ1) is 17.5.